The molecule has 2 atom stereocenters. The lowest BCUT2D eigenvalue weighted by molar-refractivity contribution is 0.00243. The zero-order valence-electron chi connectivity index (χ0n) is 8.21. The third-order valence-corrected chi connectivity index (χ3v) is 3.65. The first-order chi connectivity index (χ1) is 6.29. The molecule has 1 saturated carbocycles. The minimum atomic E-state index is -0.109. The second-order valence-electron chi connectivity index (χ2n) is 4.21. The molecular formula is C10H17N3. The van der Waals surface area contributed by atoms with Crippen molar-refractivity contribution in [2.45, 2.75) is 25.3 Å². The topological polar surface area (TPSA) is 39.1 Å². The van der Waals surface area contributed by atoms with Crippen molar-refractivity contribution in [2.75, 3.05) is 26.2 Å². The molecule has 1 aliphatic carbocycles. The van der Waals surface area contributed by atoms with E-state index < -0.39 is 0 Å². The van der Waals surface area contributed by atoms with Crippen LogP contribution in [0.3, 0.4) is 0 Å². The average Bonchev–Trinajstić information content (AvgIpc) is 2.19. The largest absolute Gasteiger partial charge is 0.314 e. The second-order valence-corrected chi connectivity index (χ2v) is 4.21. The van der Waals surface area contributed by atoms with E-state index in [1.807, 2.05) is 0 Å². The van der Waals surface area contributed by atoms with Crippen LogP contribution >= 0.6 is 0 Å². The van der Waals surface area contributed by atoms with E-state index in [-0.39, 0.29) is 5.54 Å². The standard InChI is InChI=1S/C10H17N3/c1-9-2-3-10(9,8-11)13-6-4-12-5-7-13/h9,12H,2-7H2,1H3. The lowest BCUT2D eigenvalue weighted by Crippen LogP contribution is -2.62. The van der Waals surface area contributed by atoms with Crippen LogP contribution in [-0.4, -0.2) is 36.6 Å². The quantitative estimate of drug-likeness (QED) is 0.640. The van der Waals surface area contributed by atoms with Gasteiger partial charge >= 0.3 is 0 Å². The fourth-order valence-corrected chi connectivity index (χ4v) is 2.48. The summed E-state index contributed by atoms with van der Waals surface area (Å²) in [4.78, 5) is 2.37. The molecule has 1 N–H and O–H groups in total. The molecular weight excluding hydrogens is 162 g/mol. The number of hydrogen-bond donors (Lipinski definition) is 1. The molecule has 3 nitrogen and oxygen atoms in total. The zero-order valence-corrected chi connectivity index (χ0v) is 8.21. The van der Waals surface area contributed by atoms with E-state index in [1.54, 1.807) is 0 Å². The number of rotatable bonds is 1. The van der Waals surface area contributed by atoms with Gasteiger partial charge in [-0.3, -0.25) is 4.90 Å². The van der Waals surface area contributed by atoms with Gasteiger partial charge in [0.1, 0.15) is 5.54 Å². The fourth-order valence-electron chi connectivity index (χ4n) is 2.48. The molecule has 1 aliphatic heterocycles. The summed E-state index contributed by atoms with van der Waals surface area (Å²) in [5.74, 6) is 0.565. The molecule has 0 aromatic carbocycles. The Bertz CT molecular complexity index is 227. The van der Waals surface area contributed by atoms with Crippen LogP contribution in [0.4, 0.5) is 0 Å². The van der Waals surface area contributed by atoms with Gasteiger partial charge in [-0.15, -0.1) is 0 Å². The molecule has 0 amide bonds. The Morgan fingerprint density at radius 2 is 2.15 bits per heavy atom. The van der Waals surface area contributed by atoms with Gasteiger partial charge in [-0.2, -0.15) is 5.26 Å². The van der Waals surface area contributed by atoms with Gasteiger partial charge in [-0.05, 0) is 18.8 Å². The van der Waals surface area contributed by atoms with E-state index in [1.165, 1.54) is 6.42 Å². The predicted molar refractivity (Wildman–Crippen MR) is 51.2 cm³/mol. The fraction of sp³-hybridized carbons (Fsp3) is 0.900. The van der Waals surface area contributed by atoms with Gasteiger partial charge in [-0.25, -0.2) is 0 Å². The van der Waals surface area contributed by atoms with Gasteiger partial charge in [0.25, 0.3) is 0 Å². The van der Waals surface area contributed by atoms with Crippen LogP contribution in [0.1, 0.15) is 19.8 Å². The van der Waals surface area contributed by atoms with Crippen LogP contribution in [0.5, 0.6) is 0 Å². The third-order valence-electron chi connectivity index (χ3n) is 3.65. The monoisotopic (exact) mass is 179 g/mol. The van der Waals surface area contributed by atoms with Gasteiger partial charge < -0.3 is 5.32 Å². The molecule has 72 valence electrons. The summed E-state index contributed by atoms with van der Waals surface area (Å²) in [6.45, 7) is 6.36. The molecule has 0 spiro atoms. The number of piperazine rings is 1. The van der Waals surface area contributed by atoms with Crippen molar-refractivity contribution in [3.05, 3.63) is 0 Å². The molecule has 2 aliphatic rings. The Balaban J connectivity index is 2.08. The van der Waals surface area contributed by atoms with Crippen molar-refractivity contribution in [2.24, 2.45) is 5.92 Å². The first kappa shape index (κ1) is 8.98. The number of nitrogens with one attached hydrogen (secondary N) is 1. The maximum atomic E-state index is 9.25. The number of nitriles is 1. The molecule has 0 bridgehead atoms. The van der Waals surface area contributed by atoms with E-state index >= 15 is 0 Å². The van der Waals surface area contributed by atoms with E-state index in [4.69, 9.17) is 0 Å². The van der Waals surface area contributed by atoms with Crippen molar-refractivity contribution < 1.29 is 0 Å². The summed E-state index contributed by atoms with van der Waals surface area (Å²) in [5.41, 5.74) is -0.109. The molecule has 1 heterocycles. The smallest absolute Gasteiger partial charge is 0.111 e. The second kappa shape index (κ2) is 3.28. The Kier molecular flexibility index (Phi) is 2.27. The van der Waals surface area contributed by atoms with Crippen LogP contribution in [0.15, 0.2) is 0 Å². The van der Waals surface area contributed by atoms with Crippen molar-refractivity contribution in [3.8, 4) is 6.07 Å². The van der Waals surface area contributed by atoms with Crippen LogP contribution < -0.4 is 5.32 Å². The highest BCUT2D eigenvalue weighted by atomic mass is 15.3. The zero-order chi connectivity index (χ0) is 9.31. The van der Waals surface area contributed by atoms with Crippen molar-refractivity contribution in [1.82, 2.24) is 10.2 Å². The molecule has 0 aromatic rings. The van der Waals surface area contributed by atoms with Crippen molar-refractivity contribution in [3.63, 3.8) is 0 Å². The number of nitrogens with zero attached hydrogens (tertiary/aromatic N) is 2. The van der Waals surface area contributed by atoms with Gasteiger partial charge in [0.05, 0.1) is 6.07 Å². The van der Waals surface area contributed by atoms with Crippen LogP contribution in [0.25, 0.3) is 0 Å². The maximum Gasteiger partial charge on any atom is 0.111 e. The Morgan fingerprint density at radius 3 is 2.54 bits per heavy atom. The van der Waals surface area contributed by atoms with E-state index in [2.05, 4.69) is 23.2 Å². The van der Waals surface area contributed by atoms with E-state index in [0.717, 1.165) is 32.6 Å². The summed E-state index contributed by atoms with van der Waals surface area (Å²) >= 11 is 0. The Morgan fingerprint density at radius 1 is 1.46 bits per heavy atom. The average molecular weight is 179 g/mol. The van der Waals surface area contributed by atoms with Gasteiger partial charge in [0, 0.05) is 26.2 Å². The highest BCUT2D eigenvalue weighted by molar-refractivity contribution is 5.17. The molecule has 2 unspecified atom stereocenters. The lowest BCUT2D eigenvalue weighted by atomic mass is 9.67. The summed E-state index contributed by atoms with van der Waals surface area (Å²) < 4.78 is 0. The van der Waals surface area contributed by atoms with Crippen molar-refractivity contribution in [1.29, 1.82) is 5.26 Å². The minimum Gasteiger partial charge on any atom is -0.314 e. The normalized spacial score (nSPS) is 40.8. The summed E-state index contributed by atoms with van der Waals surface area (Å²) in [7, 11) is 0. The molecule has 3 heteroatoms. The molecule has 1 saturated heterocycles. The highest BCUT2D eigenvalue weighted by Crippen LogP contribution is 2.42. The SMILES string of the molecule is CC1CCC1(C#N)N1CCNCC1. The maximum absolute atomic E-state index is 9.25. The van der Waals surface area contributed by atoms with E-state index in [0.29, 0.717) is 5.92 Å². The van der Waals surface area contributed by atoms with Gasteiger partial charge in [0.15, 0.2) is 0 Å². The lowest BCUT2D eigenvalue weighted by Gasteiger charge is -2.51. The first-order valence-electron chi connectivity index (χ1n) is 5.16. The van der Waals surface area contributed by atoms with Crippen LogP contribution in [-0.2, 0) is 0 Å². The molecule has 13 heavy (non-hydrogen) atoms. The first-order valence-corrected chi connectivity index (χ1v) is 5.16. The Hall–Kier alpha value is -0.590. The Labute approximate surface area is 79.7 Å². The molecule has 0 aromatic heterocycles. The van der Waals surface area contributed by atoms with E-state index in [9.17, 15) is 5.26 Å². The van der Waals surface area contributed by atoms with Gasteiger partial charge in [-0.1, -0.05) is 6.92 Å². The summed E-state index contributed by atoms with van der Waals surface area (Å²) in [6.07, 6.45) is 2.29. The predicted octanol–water partition coefficient (Wildman–Crippen LogP) is 0.584. The van der Waals surface area contributed by atoms with Crippen LogP contribution in [0.2, 0.25) is 0 Å². The highest BCUT2D eigenvalue weighted by Gasteiger charge is 2.49. The third kappa shape index (κ3) is 1.25. The minimum absolute atomic E-state index is 0.109. The van der Waals surface area contributed by atoms with Crippen LogP contribution in [0, 0.1) is 17.2 Å². The van der Waals surface area contributed by atoms with Crippen molar-refractivity contribution >= 4 is 0 Å². The molecule has 0 radical (unpaired) electrons. The summed E-state index contributed by atoms with van der Waals surface area (Å²) in [5, 5.41) is 12.6. The molecule has 2 rings (SSSR count). The summed E-state index contributed by atoms with van der Waals surface area (Å²) in [6, 6.07) is 2.53. The number of hydrogen-bond acceptors (Lipinski definition) is 3. The van der Waals surface area contributed by atoms with Gasteiger partial charge in [0.2, 0.25) is 0 Å². The molecule has 2 fully saturated rings.